The van der Waals surface area contributed by atoms with Crippen molar-refractivity contribution in [1.29, 1.82) is 0 Å². The van der Waals surface area contributed by atoms with Gasteiger partial charge in [-0.1, -0.05) is 30.3 Å². The number of hydrogen-bond donors (Lipinski definition) is 2. The van der Waals surface area contributed by atoms with Gasteiger partial charge < -0.3 is 20.7 Å². The number of ether oxygens (including phenoxy) is 1. The number of nitrogens with two attached hydrogens (primary N) is 1. The second-order valence-electron chi connectivity index (χ2n) is 6.70. The molecule has 0 unspecified atom stereocenters. The molecule has 1 aromatic carbocycles. The van der Waals surface area contributed by atoms with Gasteiger partial charge in [-0.05, 0) is 31.2 Å². The highest BCUT2D eigenvalue weighted by Gasteiger charge is 2.36. The first-order valence-corrected chi connectivity index (χ1v) is 8.62. The first-order chi connectivity index (χ1) is 11.2. The average Bonchev–Trinajstić information content (AvgIpc) is 2.63. The number of benzene rings is 1. The summed E-state index contributed by atoms with van der Waals surface area (Å²) in [6.45, 7) is 3.59. The molecule has 3 N–H and O–H groups in total. The molecule has 5 heteroatoms. The standard InChI is InChI=1S/C18H27N3O2/c19-14-18(15-5-2-1-3-6-15)8-10-21(11-9-18)17(22)20-16-7-4-12-23-13-16/h1-3,5-6,16H,4,7-14,19H2,(H,20,22)/t16-/m1/s1. The Morgan fingerprint density at radius 1 is 1.30 bits per heavy atom. The third-order valence-corrected chi connectivity index (χ3v) is 5.27. The van der Waals surface area contributed by atoms with Crippen LogP contribution in [0.2, 0.25) is 0 Å². The molecule has 2 amide bonds. The van der Waals surface area contributed by atoms with Crippen LogP contribution in [-0.2, 0) is 10.2 Å². The Bertz CT molecular complexity index is 506. The molecule has 5 nitrogen and oxygen atoms in total. The van der Waals surface area contributed by atoms with Gasteiger partial charge in [0.15, 0.2) is 0 Å². The fourth-order valence-electron chi connectivity index (χ4n) is 3.66. The van der Waals surface area contributed by atoms with Crippen LogP contribution in [0.3, 0.4) is 0 Å². The fraction of sp³-hybridized carbons (Fsp3) is 0.611. The molecule has 2 aliphatic heterocycles. The van der Waals surface area contributed by atoms with E-state index in [9.17, 15) is 4.79 Å². The van der Waals surface area contributed by atoms with Crippen molar-refractivity contribution in [3.8, 4) is 0 Å². The number of nitrogens with one attached hydrogen (secondary N) is 1. The largest absolute Gasteiger partial charge is 0.379 e. The van der Waals surface area contributed by atoms with E-state index in [2.05, 4.69) is 29.6 Å². The van der Waals surface area contributed by atoms with Crippen molar-refractivity contribution in [1.82, 2.24) is 10.2 Å². The lowest BCUT2D eigenvalue weighted by Crippen LogP contribution is -2.53. The molecule has 2 fully saturated rings. The number of carbonyl (C=O) groups is 1. The summed E-state index contributed by atoms with van der Waals surface area (Å²) in [6, 6.07) is 10.7. The van der Waals surface area contributed by atoms with E-state index in [0.29, 0.717) is 13.2 Å². The van der Waals surface area contributed by atoms with E-state index < -0.39 is 0 Å². The maximum atomic E-state index is 12.4. The van der Waals surface area contributed by atoms with Crippen LogP contribution < -0.4 is 11.1 Å². The van der Waals surface area contributed by atoms with Crippen molar-refractivity contribution < 1.29 is 9.53 Å². The Hall–Kier alpha value is -1.59. The summed E-state index contributed by atoms with van der Waals surface area (Å²) in [5.74, 6) is 0. The van der Waals surface area contributed by atoms with Gasteiger partial charge >= 0.3 is 6.03 Å². The predicted octanol–water partition coefficient (Wildman–Crippen LogP) is 1.87. The van der Waals surface area contributed by atoms with E-state index in [4.69, 9.17) is 10.5 Å². The molecule has 2 saturated heterocycles. The van der Waals surface area contributed by atoms with E-state index in [0.717, 1.165) is 45.4 Å². The highest BCUT2D eigenvalue weighted by molar-refractivity contribution is 5.74. The number of piperidine rings is 1. The zero-order valence-corrected chi connectivity index (χ0v) is 13.7. The first kappa shape index (κ1) is 16.3. The highest BCUT2D eigenvalue weighted by Crippen LogP contribution is 2.34. The normalized spacial score (nSPS) is 24.2. The fourth-order valence-corrected chi connectivity index (χ4v) is 3.66. The maximum absolute atomic E-state index is 12.4. The molecule has 3 rings (SSSR count). The summed E-state index contributed by atoms with van der Waals surface area (Å²) in [4.78, 5) is 14.4. The number of nitrogens with zero attached hydrogens (tertiary/aromatic N) is 1. The lowest BCUT2D eigenvalue weighted by molar-refractivity contribution is 0.0691. The monoisotopic (exact) mass is 317 g/mol. The third-order valence-electron chi connectivity index (χ3n) is 5.27. The molecule has 2 aliphatic rings. The van der Waals surface area contributed by atoms with E-state index in [1.807, 2.05) is 11.0 Å². The Balaban J connectivity index is 1.57. The van der Waals surface area contributed by atoms with Crippen molar-refractivity contribution in [2.75, 3.05) is 32.8 Å². The van der Waals surface area contributed by atoms with Crippen LogP contribution in [0.4, 0.5) is 4.79 Å². The zero-order valence-electron chi connectivity index (χ0n) is 13.7. The lowest BCUT2D eigenvalue weighted by Gasteiger charge is -2.42. The van der Waals surface area contributed by atoms with Crippen molar-refractivity contribution >= 4 is 6.03 Å². The number of likely N-dealkylation sites (tertiary alicyclic amines) is 1. The molecule has 0 saturated carbocycles. The van der Waals surface area contributed by atoms with Gasteiger partial charge in [-0.25, -0.2) is 4.79 Å². The molecule has 1 atom stereocenters. The zero-order chi connectivity index (χ0) is 16.1. The van der Waals surface area contributed by atoms with Gasteiger partial charge in [0.25, 0.3) is 0 Å². The van der Waals surface area contributed by atoms with E-state index >= 15 is 0 Å². The van der Waals surface area contributed by atoms with Crippen molar-refractivity contribution in [2.24, 2.45) is 5.73 Å². The molecular weight excluding hydrogens is 290 g/mol. The quantitative estimate of drug-likeness (QED) is 0.894. The summed E-state index contributed by atoms with van der Waals surface area (Å²) in [6.07, 6.45) is 3.87. The summed E-state index contributed by atoms with van der Waals surface area (Å²) >= 11 is 0. The Labute approximate surface area is 138 Å². The third kappa shape index (κ3) is 3.67. The van der Waals surface area contributed by atoms with Crippen LogP contribution >= 0.6 is 0 Å². The molecule has 1 aromatic rings. The number of rotatable bonds is 3. The minimum absolute atomic E-state index is 0.00594. The summed E-state index contributed by atoms with van der Waals surface area (Å²) in [7, 11) is 0. The van der Waals surface area contributed by atoms with E-state index in [1.54, 1.807) is 0 Å². The second kappa shape index (κ2) is 7.32. The van der Waals surface area contributed by atoms with Crippen LogP contribution in [0.15, 0.2) is 30.3 Å². The Kier molecular flexibility index (Phi) is 5.18. The topological polar surface area (TPSA) is 67.6 Å². The molecule has 126 valence electrons. The summed E-state index contributed by atoms with van der Waals surface area (Å²) in [5, 5.41) is 3.10. The Morgan fingerprint density at radius 3 is 2.65 bits per heavy atom. The van der Waals surface area contributed by atoms with Gasteiger partial charge in [0.1, 0.15) is 0 Å². The summed E-state index contributed by atoms with van der Waals surface area (Å²) < 4.78 is 5.43. The minimum atomic E-state index is 0.00594. The molecule has 2 heterocycles. The predicted molar refractivity (Wildman–Crippen MR) is 90.4 cm³/mol. The maximum Gasteiger partial charge on any atom is 0.317 e. The minimum Gasteiger partial charge on any atom is -0.379 e. The number of hydrogen-bond acceptors (Lipinski definition) is 3. The van der Waals surface area contributed by atoms with Crippen LogP contribution in [0.25, 0.3) is 0 Å². The van der Waals surface area contributed by atoms with Gasteiger partial charge in [-0.15, -0.1) is 0 Å². The SMILES string of the molecule is NCC1(c2ccccc2)CCN(C(=O)N[C@@H]2CCCOC2)CC1. The van der Waals surface area contributed by atoms with Crippen molar-refractivity contribution in [3.63, 3.8) is 0 Å². The summed E-state index contributed by atoms with van der Waals surface area (Å²) in [5.41, 5.74) is 7.41. The van der Waals surface area contributed by atoms with Crippen LogP contribution in [-0.4, -0.2) is 49.8 Å². The molecule has 0 aromatic heterocycles. The number of amides is 2. The molecule has 0 radical (unpaired) electrons. The first-order valence-electron chi connectivity index (χ1n) is 8.62. The van der Waals surface area contributed by atoms with Gasteiger partial charge in [0, 0.05) is 31.7 Å². The number of carbonyl (C=O) groups excluding carboxylic acids is 1. The van der Waals surface area contributed by atoms with E-state index in [1.165, 1.54) is 5.56 Å². The number of urea groups is 1. The average molecular weight is 317 g/mol. The van der Waals surface area contributed by atoms with Crippen molar-refractivity contribution in [2.45, 2.75) is 37.1 Å². The molecule has 0 aliphatic carbocycles. The van der Waals surface area contributed by atoms with Crippen LogP contribution in [0, 0.1) is 0 Å². The highest BCUT2D eigenvalue weighted by atomic mass is 16.5. The van der Waals surface area contributed by atoms with Gasteiger partial charge in [0.2, 0.25) is 0 Å². The molecule has 0 spiro atoms. The molecule has 23 heavy (non-hydrogen) atoms. The van der Waals surface area contributed by atoms with E-state index in [-0.39, 0.29) is 17.5 Å². The molecular formula is C18H27N3O2. The van der Waals surface area contributed by atoms with Crippen LogP contribution in [0.5, 0.6) is 0 Å². The van der Waals surface area contributed by atoms with Gasteiger partial charge in [0.05, 0.1) is 12.6 Å². The lowest BCUT2D eigenvalue weighted by atomic mass is 9.73. The molecule has 0 bridgehead atoms. The van der Waals surface area contributed by atoms with Gasteiger partial charge in [-0.2, -0.15) is 0 Å². The smallest absolute Gasteiger partial charge is 0.317 e. The van der Waals surface area contributed by atoms with Gasteiger partial charge in [-0.3, -0.25) is 0 Å². The second-order valence-corrected chi connectivity index (χ2v) is 6.70. The van der Waals surface area contributed by atoms with Crippen molar-refractivity contribution in [3.05, 3.63) is 35.9 Å². The van der Waals surface area contributed by atoms with Crippen LogP contribution in [0.1, 0.15) is 31.2 Å². The Morgan fingerprint density at radius 2 is 2.04 bits per heavy atom.